The second kappa shape index (κ2) is 6.81. The Morgan fingerprint density at radius 1 is 1.04 bits per heavy atom. The summed E-state index contributed by atoms with van der Waals surface area (Å²) < 4.78 is 5.33. The van der Waals surface area contributed by atoms with E-state index in [-0.39, 0.29) is 0 Å². The molecule has 1 N–H and O–H groups in total. The number of ether oxygens (including phenoxy) is 1. The van der Waals surface area contributed by atoms with Crippen LogP contribution in [0.25, 0.3) is 0 Å². The van der Waals surface area contributed by atoms with E-state index >= 15 is 0 Å². The van der Waals surface area contributed by atoms with Crippen molar-refractivity contribution in [1.82, 2.24) is 4.90 Å². The Morgan fingerprint density at radius 2 is 1.76 bits per heavy atom. The second-order valence-corrected chi connectivity index (χ2v) is 7.69. The van der Waals surface area contributed by atoms with Gasteiger partial charge < -0.3 is 14.7 Å². The van der Waals surface area contributed by atoms with Crippen molar-refractivity contribution in [3.8, 4) is 5.75 Å². The second-order valence-electron chi connectivity index (χ2n) is 7.69. The molecule has 0 radical (unpaired) electrons. The molecule has 0 bridgehead atoms. The van der Waals surface area contributed by atoms with Crippen LogP contribution in [0, 0.1) is 11.8 Å². The first kappa shape index (κ1) is 16.6. The van der Waals surface area contributed by atoms with Crippen LogP contribution in [0.15, 0.2) is 54.6 Å². The largest absolute Gasteiger partial charge is 0.497 e. The standard InChI is InChI=1S/C22H27NO2/c1-25-21-9-5-8-20(12-21)22(24)13-18-15-23(16-19(18)14-22)11-10-17-6-3-2-4-7-17/h2-9,12,18-19,24H,10-11,13-16H2,1H3/t18-,19+,22?. The molecule has 0 amide bonds. The highest BCUT2D eigenvalue weighted by molar-refractivity contribution is 5.33. The van der Waals surface area contributed by atoms with Crippen molar-refractivity contribution in [2.24, 2.45) is 11.8 Å². The van der Waals surface area contributed by atoms with Gasteiger partial charge in [-0.05, 0) is 54.4 Å². The van der Waals surface area contributed by atoms with Gasteiger partial charge in [-0.25, -0.2) is 0 Å². The summed E-state index contributed by atoms with van der Waals surface area (Å²) in [4.78, 5) is 2.58. The molecule has 2 aromatic rings. The Bertz CT molecular complexity index is 701. The minimum Gasteiger partial charge on any atom is -0.497 e. The maximum atomic E-state index is 11.2. The molecule has 132 valence electrons. The van der Waals surface area contributed by atoms with Crippen molar-refractivity contribution in [2.75, 3.05) is 26.7 Å². The topological polar surface area (TPSA) is 32.7 Å². The maximum absolute atomic E-state index is 11.2. The lowest BCUT2D eigenvalue weighted by Crippen LogP contribution is -2.29. The minimum absolute atomic E-state index is 0.604. The van der Waals surface area contributed by atoms with E-state index in [9.17, 15) is 5.11 Å². The van der Waals surface area contributed by atoms with Gasteiger partial charge in [-0.3, -0.25) is 0 Å². The fraction of sp³-hybridized carbons (Fsp3) is 0.455. The van der Waals surface area contributed by atoms with Gasteiger partial charge in [0.15, 0.2) is 0 Å². The zero-order valence-corrected chi connectivity index (χ0v) is 14.9. The van der Waals surface area contributed by atoms with Gasteiger partial charge >= 0.3 is 0 Å². The van der Waals surface area contributed by atoms with Crippen molar-refractivity contribution in [1.29, 1.82) is 0 Å². The SMILES string of the molecule is COc1cccc(C2(O)C[C@H]3CN(CCc4ccccc4)C[C@H]3C2)c1. The predicted molar refractivity (Wildman–Crippen MR) is 99.7 cm³/mol. The van der Waals surface area contributed by atoms with E-state index in [1.165, 1.54) is 5.56 Å². The number of hydrogen-bond donors (Lipinski definition) is 1. The third-order valence-electron chi connectivity index (χ3n) is 6.02. The normalized spacial score (nSPS) is 28.9. The Kier molecular flexibility index (Phi) is 4.53. The van der Waals surface area contributed by atoms with Crippen molar-refractivity contribution in [3.05, 3.63) is 65.7 Å². The number of nitrogens with zero attached hydrogens (tertiary/aromatic N) is 1. The predicted octanol–water partition coefficient (Wildman–Crippen LogP) is 3.47. The van der Waals surface area contributed by atoms with Crippen molar-refractivity contribution < 1.29 is 9.84 Å². The molecule has 3 nitrogen and oxygen atoms in total. The molecular formula is C22H27NO2. The maximum Gasteiger partial charge on any atom is 0.119 e. The van der Waals surface area contributed by atoms with Crippen LogP contribution in [0.4, 0.5) is 0 Å². The molecule has 0 aromatic heterocycles. The molecule has 2 aromatic carbocycles. The van der Waals surface area contributed by atoms with E-state index in [2.05, 4.69) is 35.2 Å². The minimum atomic E-state index is -0.685. The van der Waals surface area contributed by atoms with Gasteiger partial charge in [0, 0.05) is 19.6 Å². The van der Waals surface area contributed by atoms with Crippen LogP contribution in [-0.2, 0) is 12.0 Å². The molecule has 3 atom stereocenters. The van der Waals surface area contributed by atoms with Gasteiger partial charge in [-0.2, -0.15) is 0 Å². The Balaban J connectivity index is 1.37. The van der Waals surface area contributed by atoms with Gasteiger partial charge in [-0.1, -0.05) is 42.5 Å². The third-order valence-corrected chi connectivity index (χ3v) is 6.02. The summed E-state index contributed by atoms with van der Waals surface area (Å²) in [5, 5.41) is 11.2. The van der Waals surface area contributed by atoms with Crippen LogP contribution in [0.2, 0.25) is 0 Å². The van der Waals surface area contributed by atoms with Crippen LogP contribution in [-0.4, -0.2) is 36.8 Å². The molecule has 4 rings (SSSR count). The van der Waals surface area contributed by atoms with Crippen LogP contribution in [0.1, 0.15) is 24.0 Å². The first-order valence-electron chi connectivity index (χ1n) is 9.29. The number of likely N-dealkylation sites (tertiary alicyclic amines) is 1. The van der Waals surface area contributed by atoms with Gasteiger partial charge in [-0.15, -0.1) is 0 Å². The summed E-state index contributed by atoms with van der Waals surface area (Å²) in [6.07, 6.45) is 2.85. The molecule has 2 aliphatic rings. The van der Waals surface area contributed by atoms with Crippen molar-refractivity contribution >= 4 is 0 Å². The summed E-state index contributed by atoms with van der Waals surface area (Å²) in [5.41, 5.74) is 1.74. The molecule has 2 fully saturated rings. The van der Waals surface area contributed by atoms with E-state index in [1.807, 2.05) is 24.3 Å². The van der Waals surface area contributed by atoms with Crippen LogP contribution in [0.3, 0.4) is 0 Å². The Morgan fingerprint density at radius 3 is 2.44 bits per heavy atom. The fourth-order valence-corrected chi connectivity index (χ4v) is 4.71. The van der Waals surface area contributed by atoms with Crippen molar-refractivity contribution in [3.63, 3.8) is 0 Å². The number of methoxy groups -OCH3 is 1. The van der Waals surface area contributed by atoms with Gasteiger partial charge in [0.05, 0.1) is 12.7 Å². The summed E-state index contributed by atoms with van der Waals surface area (Å²) in [6, 6.07) is 18.7. The highest BCUT2D eigenvalue weighted by Crippen LogP contribution is 2.49. The number of fused-ring (bicyclic) bond motifs is 1. The Labute approximate surface area is 150 Å². The molecule has 1 saturated heterocycles. The lowest BCUT2D eigenvalue weighted by Gasteiger charge is -2.26. The van der Waals surface area contributed by atoms with Gasteiger partial charge in [0.1, 0.15) is 5.75 Å². The van der Waals surface area contributed by atoms with E-state index in [0.717, 1.165) is 50.2 Å². The smallest absolute Gasteiger partial charge is 0.119 e. The molecule has 25 heavy (non-hydrogen) atoms. The highest BCUT2D eigenvalue weighted by atomic mass is 16.5. The fourth-order valence-electron chi connectivity index (χ4n) is 4.71. The van der Waals surface area contributed by atoms with Crippen LogP contribution < -0.4 is 4.74 Å². The third kappa shape index (κ3) is 3.44. The summed E-state index contributed by atoms with van der Waals surface area (Å²) in [6.45, 7) is 3.35. The average Bonchev–Trinajstić information content (AvgIpc) is 3.16. The number of rotatable bonds is 5. The molecule has 1 aliphatic carbocycles. The number of aliphatic hydroxyl groups is 1. The van der Waals surface area contributed by atoms with E-state index in [4.69, 9.17) is 4.74 Å². The molecule has 1 saturated carbocycles. The van der Waals surface area contributed by atoms with Gasteiger partial charge in [0.2, 0.25) is 0 Å². The molecule has 0 spiro atoms. The van der Waals surface area contributed by atoms with E-state index < -0.39 is 5.60 Å². The first-order chi connectivity index (χ1) is 12.2. The number of benzene rings is 2. The number of hydrogen-bond acceptors (Lipinski definition) is 3. The summed E-state index contributed by atoms with van der Waals surface area (Å²) in [5.74, 6) is 2.03. The summed E-state index contributed by atoms with van der Waals surface area (Å²) in [7, 11) is 1.68. The molecule has 1 heterocycles. The Hall–Kier alpha value is -1.84. The zero-order chi connectivity index (χ0) is 17.3. The molecule has 3 heteroatoms. The zero-order valence-electron chi connectivity index (χ0n) is 14.9. The molecule has 1 unspecified atom stereocenters. The lowest BCUT2D eigenvalue weighted by atomic mass is 9.90. The van der Waals surface area contributed by atoms with Crippen LogP contribution in [0.5, 0.6) is 5.75 Å². The first-order valence-corrected chi connectivity index (χ1v) is 9.29. The van der Waals surface area contributed by atoms with Crippen LogP contribution >= 0.6 is 0 Å². The quantitative estimate of drug-likeness (QED) is 0.907. The monoisotopic (exact) mass is 337 g/mol. The average molecular weight is 337 g/mol. The van der Waals surface area contributed by atoms with Gasteiger partial charge in [0.25, 0.3) is 0 Å². The van der Waals surface area contributed by atoms with E-state index in [0.29, 0.717) is 11.8 Å². The van der Waals surface area contributed by atoms with Crippen molar-refractivity contribution in [2.45, 2.75) is 24.9 Å². The summed E-state index contributed by atoms with van der Waals surface area (Å²) >= 11 is 0. The highest BCUT2D eigenvalue weighted by Gasteiger charge is 2.48. The molecule has 1 aliphatic heterocycles. The lowest BCUT2D eigenvalue weighted by molar-refractivity contribution is 0.0312. The van der Waals surface area contributed by atoms with E-state index in [1.54, 1.807) is 7.11 Å². The molecular weight excluding hydrogens is 310 g/mol.